The van der Waals surface area contributed by atoms with Crippen LogP contribution in [-0.2, 0) is 9.53 Å². The Morgan fingerprint density at radius 2 is 1.65 bits per heavy atom. The molecule has 1 aliphatic heterocycles. The largest absolute Gasteiger partial charge is 0.480 e. The van der Waals surface area contributed by atoms with Crippen molar-refractivity contribution in [1.29, 1.82) is 0 Å². The molecule has 2 aromatic rings. The van der Waals surface area contributed by atoms with Gasteiger partial charge in [-0.25, -0.2) is 9.59 Å². The molecule has 0 aromatic heterocycles. The lowest BCUT2D eigenvalue weighted by Gasteiger charge is -2.22. The average molecular weight is 352 g/mol. The molecule has 1 heterocycles. The van der Waals surface area contributed by atoms with Crippen LogP contribution in [-0.4, -0.2) is 47.3 Å². The second kappa shape index (κ2) is 6.46. The normalized spacial score (nSPS) is 21.3. The second-order valence-corrected chi connectivity index (χ2v) is 6.81. The van der Waals surface area contributed by atoms with Gasteiger partial charge in [-0.3, -0.25) is 4.90 Å². The Hall–Kier alpha value is -2.86. The topological polar surface area (TPSA) is 92.9 Å². The van der Waals surface area contributed by atoms with Crippen molar-refractivity contribution in [3.63, 3.8) is 0 Å². The van der Waals surface area contributed by atoms with Gasteiger partial charge in [0.05, 0.1) is 0 Å². The summed E-state index contributed by atoms with van der Waals surface area (Å²) in [7, 11) is 0. The molecule has 2 atom stereocenters. The molecule has 2 aromatic carbocycles. The Labute approximate surface area is 151 Å². The van der Waals surface area contributed by atoms with Crippen LogP contribution in [0, 0.1) is 0 Å². The van der Waals surface area contributed by atoms with E-state index in [9.17, 15) is 14.7 Å². The lowest BCUT2D eigenvalue weighted by atomic mass is 9.98. The first-order chi connectivity index (χ1) is 12.6. The van der Waals surface area contributed by atoms with Gasteiger partial charge in [-0.05, 0) is 28.7 Å². The van der Waals surface area contributed by atoms with E-state index in [-0.39, 0.29) is 31.5 Å². The Morgan fingerprint density at radius 3 is 2.23 bits per heavy atom. The van der Waals surface area contributed by atoms with Gasteiger partial charge in [-0.15, -0.1) is 0 Å². The van der Waals surface area contributed by atoms with E-state index >= 15 is 0 Å². The summed E-state index contributed by atoms with van der Waals surface area (Å²) in [4.78, 5) is 25.0. The summed E-state index contributed by atoms with van der Waals surface area (Å²) in [5, 5.41) is 9.29. The average Bonchev–Trinajstić information content (AvgIpc) is 3.18. The molecular formula is C20H20N2O4. The predicted octanol–water partition coefficient (Wildman–Crippen LogP) is 2.42. The molecule has 0 radical (unpaired) electrons. The van der Waals surface area contributed by atoms with Crippen LogP contribution in [0.1, 0.15) is 23.5 Å². The van der Waals surface area contributed by atoms with Crippen molar-refractivity contribution in [1.82, 2.24) is 4.90 Å². The number of hydrogen-bond acceptors (Lipinski definition) is 4. The van der Waals surface area contributed by atoms with E-state index in [4.69, 9.17) is 10.5 Å². The Kier molecular flexibility index (Phi) is 4.12. The molecular weight excluding hydrogens is 332 g/mol. The van der Waals surface area contributed by atoms with Gasteiger partial charge in [0, 0.05) is 18.5 Å². The number of likely N-dealkylation sites (tertiary alicyclic amines) is 1. The lowest BCUT2D eigenvalue weighted by Crippen LogP contribution is -2.41. The number of benzene rings is 2. The number of carbonyl (C=O) groups excluding carboxylic acids is 1. The third-order valence-corrected chi connectivity index (χ3v) is 5.19. The van der Waals surface area contributed by atoms with Gasteiger partial charge >= 0.3 is 12.1 Å². The molecule has 6 heteroatoms. The van der Waals surface area contributed by atoms with Gasteiger partial charge < -0.3 is 15.6 Å². The number of fused-ring (bicyclic) bond motifs is 3. The summed E-state index contributed by atoms with van der Waals surface area (Å²) < 4.78 is 5.52. The van der Waals surface area contributed by atoms with E-state index in [1.54, 1.807) is 0 Å². The Balaban J connectivity index is 1.53. The highest BCUT2D eigenvalue weighted by atomic mass is 16.6. The number of rotatable bonds is 3. The zero-order chi connectivity index (χ0) is 18.3. The highest BCUT2D eigenvalue weighted by Gasteiger charge is 2.39. The zero-order valence-electron chi connectivity index (χ0n) is 14.2. The number of carboxylic acids is 1. The number of carbonyl (C=O) groups is 2. The molecule has 1 fully saturated rings. The number of aliphatic carboxylic acids is 1. The number of amides is 1. The van der Waals surface area contributed by atoms with Crippen LogP contribution < -0.4 is 5.73 Å². The first kappa shape index (κ1) is 16.6. The minimum atomic E-state index is -1.05. The Bertz CT molecular complexity index is 821. The molecule has 0 saturated carbocycles. The molecule has 1 aliphatic carbocycles. The molecule has 0 unspecified atom stereocenters. The second-order valence-electron chi connectivity index (χ2n) is 6.81. The molecule has 26 heavy (non-hydrogen) atoms. The summed E-state index contributed by atoms with van der Waals surface area (Å²) in [6, 6.07) is 14.9. The van der Waals surface area contributed by atoms with Crippen molar-refractivity contribution in [2.24, 2.45) is 5.73 Å². The predicted molar refractivity (Wildman–Crippen MR) is 95.8 cm³/mol. The van der Waals surface area contributed by atoms with E-state index in [1.807, 2.05) is 36.4 Å². The lowest BCUT2D eigenvalue weighted by molar-refractivity contribution is -0.141. The van der Waals surface area contributed by atoms with Gasteiger partial charge in [-0.2, -0.15) is 0 Å². The van der Waals surface area contributed by atoms with E-state index in [0.29, 0.717) is 0 Å². The van der Waals surface area contributed by atoms with E-state index in [1.165, 1.54) is 4.90 Å². The van der Waals surface area contributed by atoms with Crippen LogP contribution in [0.2, 0.25) is 0 Å². The smallest absolute Gasteiger partial charge is 0.410 e. The number of hydrogen-bond donors (Lipinski definition) is 2. The van der Waals surface area contributed by atoms with E-state index < -0.39 is 18.1 Å². The molecule has 1 amide bonds. The summed E-state index contributed by atoms with van der Waals surface area (Å²) in [5.74, 6) is -1.10. The highest BCUT2D eigenvalue weighted by Crippen LogP contribution is 2.44. The van der Waals surface area contributed by atoms with Crippen molar-refractivity contribution < 1.29 is 19.4 Å². The molecule has 134 valence electrons. The maximum atomic E-state index is 12.5. The first-order valence-corrected chi connectivity index (χ1v) is 8.66. The summed E-state index contributed by atoms with van der Waals surface area (Å²) >= 11 is 0. The molecule has 3 N–H and O–H groups in total. The fourth-order valence-corrected chi connectivity index (χ4v) is 3.98. The quantitative estimate of drug-likeness (QED) is 0.885. The zero-order valence-corrected chi connectivity index (χ0v) is 14.2. The van der Waals surface area contributed by atoms with Gasteiger partial charge in [0.25, 0.3) is 0 Å². The maximum Gasteiger partial charge on any atom is 0.410 e. The van der Waals surface area contributed by atoms with Crippen molar-refractivity contribution in [2.75, 3.05) is 13.2 Å². The summed E-state index contributed by atoms with van der Waals surface area (Å²) in [6.07, 6.45) is -0.369. The SMILES string of the molecule is N[C@@H]1C[C@@H](C(=O)O)N(C(=O)OCC2c3ccccc3-c3ccccc32)C1. The molecule has 6 nitrogen and oxygen atoms in total. The van der Waals surface area contributed by atoms with Crippen LogP contribution in [0.15, 0.2) is 48.5 Å². The monoisotopic (exact) mass is 352 g/mol. The third kappa shape index (κ3) is 2.72. The highest BCUT2D eigenvalue weighted by molar-refractivity contribution is 5.81. The number of nitrogens with zero attached hydrogens (tertiary/aromatic N) is 1. The third-order valence-electron chi connectivity index (χ3n) is 5.19. The van der Waals surface area contributed by atoms with Gasteiger partial charge in [0.15, 0.2) is 0 Å². The number of ether oxygens (including phenoxy) is 1. The first-order valence-electron chi connectivity index (χ1n) is 8.66. The van der Waals surface area contributed by atoms with Crippen LogP contribution in [0.5, 0.6) is 0 Å². The van der Waals surface area contributed by atoms with E-state index in [2.05, 4.69) is 12.1 Å². The number of carboxylic acid groups (broad SMARTS) is 1. The number of nitrogens with two attached hydrogens (primary N) is 1. The molecule has 0 spiro atoms. The summed E-state index contributed by atoms with van der Waals surface area (Å²) in [6.45, 7) is 0.374. The van der Waals surface area contributed by atoms with Gasteiger partial charge in [0.2, 0.25) is 0 Å². The van der Waals surface area contributed by atoms with Crippen molar-refractivity contribution in [2.45, 2.75) is 24.4 Å². The minimum absolute atomic E-state index is 0.0501. The minimum Gasteiger partial charge on any atom is -0.480 e. The maximum absolute atomic E-state index is 12.5. The van der Waals surface area contributed by atoms with Crippen molar-refractivity contribution >= 4 is 12.1 Å². The summed E-state index contributed by atoms with van der Waals surface area (Å²) in [5.41, 5.74) is 10.4. The Morgan fingerprint density at radius 1 is 1.08 bits per heavy atom. The molecule has 1 saturated heterocycles. The molecule has 4 rings (SSSR count). The van der Waals surface area contributed by atoms with Crippen LogP contribution in [0.3, 0.4) is 0 Å². The van der Waals surface area contributed by atoms with Crippen LogP contribution in [0.4, 0.5) is 4.79 Å². The fraction of sp³-hybridized carbons (Fsp3) is 0.300. The van der Waals surface area contributed by atoms with Crippen molar-refractivity contribution in [3.05, 3.63) is 59.7 Å². The van der Waals surface area contributed by atoms with Crippen LogP contribution in [0.25, 0.3) is 11.1 Å². The van der Waals surface area contributed by atoms with Gasteiger partial charge in [0.1, 0.15) is 12.6 Å². The van der Waals surface area contributed by atoms with Crippen LogP contribution >= 0.6 is 0 Å². The molecule has 2 aliphatic rings. The standard InChI is InChI=1S/C20H20N2O4/c21-12-9-18(19(23)24)22(10-12)20(25)26-11-17-15-7-3-1-5-13(15)14-6-2-4-8-16(14)17/h1-8,12,17-18H,9-11,21H2,(H,23,24)/t12-,18+/m1/s1. The van der Waals surface area contributed by atoms with Gasteiger partial charge in [-0.1, -0.05) is 48.5 Å². The van der Waals surface area contributed by atoms with Crippen molar-refractivity contribution in [3.8, 4) is 11.1 Å². The fourth-order valence-electron chi connectivity index (χ4n) is 3.98. The molecule has 0 bridgehead atoms. The van der Waals surface area contributed by atoms with E-state index in [0.717, 1.165) is 22.3 Å².